The highest BCUT2D eigenvalue weighted by molar-refractivity contribution is 5.75. The first-order valence-electron chi connectivity index (χ1n) is 4.42. The van der Waals surface area contributed by atoms with Crippen molar-refractivity contribution in [3.63, 3.8) is 0 Å². The van der Waals surface area contributed by atoms with Crippen molar-refractivity contribution in [2.24, 2.45) is 5.73 Å². The van der Waals surface area contributed by atoms with Gasteiger partial charge in [0.05, 0.1) is 0 Å². The van der Waals surface area contributed by atoms with Gasteiger partial charge < -0.3 is 20.1 Å². The van der Waals surface area contributed by atoms with E-state index < -0.39 is 0 Å². The van der Waals surface area contributed by atoms with Crippen molar-refractivity contribution in [3.8, 4) is 0 Å². The van der Waals surface area contributed by atoms with Gasteiger partial charge in [-0.2, -0.15) is 0 Å². The fraction of sp³-hybridized carbons (Fsp3) is 0.875. The Bertz CT molecular complexity index is 186. The van der Waals surface area contributed by atoms with Crippen molar-refractivity contribution in [3.05, 3.63) is 0 Å². The number of guanidine groups is 1. The molecule has 0 bridgehead atoms. The second-order valence-electron chi connectivity index (χ2n) is 3.06. The van der Waals surface area contributed by atoms with E-state index in [1.54, 1.807) is 12.0 Å². The maximum Gasteiger partial charge on any atom is 0.188 e. The number of nitrogens with one attached hydrogen (secondary N) is 1. The lowest BCUT2D eigenvalue weighted by atomic mass is 10.2. The first-order valence-corrected chi connectivity index (χ1v) is 4.42. The van der Waals surface area contributed by atoms with E-state index in [-0.39, 0.29) is 18.2 Å². The smallest absolute Gasteiger partial charge is 0.188 e. The molecule has 2 atom stereocenters. The Morgan fingerprint density at radius 3 is 2.62 bits per heavy atom. The van der Waals surface area contributed by atoms with Crippen LogP contribution in [0.2, 0.25) is 0 Å². The number of hydrogen-bond acceptors (Lipinski definition) is 3. The highest BCUT2D eigenvalue weighted by Gasteiger charge is 2.33. The topological polar surface area (TPSA) is 71.6 Å². The summed E-state index contributed by atoms with van der Waals surface area (Å²) in [6, 6.07) is 0. The van der Waals surface area contributed by atoms with Crippen LogP contribution in [-0.4, -0.2) is 49.9 Å². The molecule has 1 heterocycles. The maximum atomic E-state index is 7.27. The van der Waals surface area contributed by atoms with Gasteiger partial charge in [-0.15, -0.1) is 0 Å². The van der Waals surface area contributed by atoms with Crippen LogP contribution >= 0.6 is 0 Å². The molecule has 13 heavy (non-hydrogen) atoms. The minimum Gasteiger partial charge on any atom is -0.377 e. The molecule has 3 N–H and O–H groups in total. The van der Waals surface area contributed by atoms with Crippen molar-refractivity contribution in [1.29, 1.82) is 5.41 Å². The zero-order chi connectivity index (χ0) is 9.84. The molecule has 0 aromatic heterocycles. The standard InChI is InChI=1S/C8H17N3O2/c1-3-13-7-5-11(8(9)10)4-6(7)12-2/h6-7H,3-5H2,1-2H3,(H3,9,10)/t6-,7+/m1/s1. The van der Waals surface area contributed by atoms with Gasteiger partial charge >= 0.3 is 0 Å². The predicted octanol–water partition coefficient (Wildman–Crippen LogP) is -0.384. The molecular weight excluding hydrogens is 170 g/mol. The van der Waals surface area contributed by atoms with Gasteiger partial charge in [0, 0.05) is 26.8 Å². The Morgan fingerprint density at radius 1 is 1.54 bits per heavy atom. The van der Waals surface area contributed by atoms with Gasteiger partial charge in [-0.1, -0.05) is 0 Å². The van der Waals surface area contributed by atoms with Crippen molar-refractivity contribution < 1.29 is 9.47 Å². The normalized spacial score (nSPS) is 28.0. The second-order valence-corrected chi connectivity index (χ2v) is 3.06. The van der Waals surface area contributed by atoms with E-state index in [0.29, 0.717) is 19.7 Å². The molecular formula is C8H17N3O2. The van der Waals surface area contributed by atoms with Crippen LogP contribution in [0, 0.1) is 5.41 Å². The zero-order valence-electron chi connectivity index (χ0n) is 8.12. The molecule has 76 valence electrons. The Balaban J connectivity index is 2.50. The molecule has 5 nitrogen and oxygen atoms in total. The minimum atomic E-state index is 0.0313. The Kier molecular flexibility index (Phi) is 3.50. The van der Waals surface area contributed by atoms with Crippen LogP contribution in [0.4, 0.5) is 0 Å². The van der Waals surface area contributed by atoms with Gasteiger partial charge in [-0.05, 0) is 6.92 Å². The first kappa shape index (κ1) is 10.3. The van der Waals surface area contributed by atoms with Gasteiger partial charge in [0.2, 0.25) is 0 Å². The number of nitrogens with zero attached hydrogens (tertiary/aromatic N) is 1. The summed E-state index contributed by atoms with van der Waals surface area (Å²) in [5.74, 6) is 0.0873. The van der Waals surface area contributed by atoms with E-state index in [2.05, 4.69) is 0 Å². The van der Waals surface area contributed by atoms with E-state index >= 15 is 0 Å². The van der Waals surface area contributed by atoms with Crippen LogP contribution < -0.4 is 5.73 Å². The van der Waals surface area contributed by atoms with Gasteiger partial charge in [-0.3, -0.25) is 5.41 Å². The average Bonchev–Trinajstić information content (AvgIpc) is 2.48. The third kappa shape index (κ3) is 2.32. The lowest BCUT2D eigenvalue weighted by Gasteiger charge is -2.15. The van der Waals surface area contributed by atoms with Crippen LogP contribution in [-0.2, 0) is 9.47 Å². The van der Waals surface area contributed by atoms with E-state index in [0.717, 1.165) is 0 Å². The van der Waals surface area contributed by atoms with E-state index in [4.69, 9.17) is 20.6 Å². The summed E-state index contributed by atoms with van der Waals surface area (Å²) in [6.07, 6.45) is 0.0720. The summed E-state index contributed by atoms with van der Waals surface area (Å²) >= 11 is 0. The number of nitrogens with two attached hydrogens (primary N) is 1. The summed E-state index contributed by atoms with van der Waals surface area (Å²) in [7, 11) is 1.65. The van der Waals surface area contributed by atoms with Gasteiger partial charge in [0.25, 0.3) is 0 Å². The molecule has 0 aromatic rings. The van der Waals surface area contributed by atoms with Crippen LogP contribution in [0.15, 0.2) is 0 Å². The van der Waals surface area contributed by atoms with Gasteiger partial charge in [-0.25, -0.2) is 0 Å². The van der Waals surface area contributed by atoms with Gasteiger partial charge in [0.1, 0.15) is 12.2 Å². The first-order chi connectivity index (χ1) is 6.19. The molecule has 0 radical (unpaired) electrons. The summed E-state index contributed by atoms with van der Waals surface area (Å²) in [6.45, 7) is 3.91. The quantitative estimate of drug-likeness (QED) is 0.466. The van der Waals surface area contributed by atoms with Crippen molar-refractivity contribution in [1.82, 2.24) is 4.90 Å². The lowest BCUT2D eigenvalue weighted by Crippen LogP contribution is -2.35. The lowest BCUT2D eigenvalue weighted by molar-refractivity contribution is -0.0233. The molecule has 0 aromatic carbocycles. The molecule has 0 aliphatic carbocycles. The predicted molar refractivity (Wildman–Crippen MR) is 49.7 cm³/mol. The fourth-order valence-corrected chi connectivity index (χ4v) is 1.54. The summed E-state index contributed by atoms with van der Waals surface area (Å²) in [5, 5.41) is 7.27. The highest BCUT2D eigenvalue weighted by atomic mass is 16.5. The SMILES string of the molecule is CCO[C@H]1CN(C(=N)N)C[C@H]1OC. The molecule has 1 saturated heterocycles. The fourth-order valence-electron chi connectivity index (χ4n) is 1.54. The van der Waals surface area contributed by atoms with Crippen molar-refractivity contribution >= 4 is 5.96 Å². The summed E-state index contributed by atoms with van der Waals surface area (Å²) < 4.78 is 10.7. The molecule has 0 amide bonds. The Hall–Kier alpha value is -0.810. The number of likely N-dealkylation sites (tertiary alicyclic amines) is 1. The Morgan fingerprint density at radius 2 is 2.15 bits per heavy atom. The maximum absolute atomic E-state index is 7.27. The third-order valence-electron chi connectivity index (χ3n) is 2.24. The zero-order valence-corrected chi connectivity index (χ0v) is 8.12. The largest absolute Gasteiger partial charge is 0.377 e. The third-order valence-corrected chi connectivity index (χ3v) is 2.24. The minimum absolute atomic E-state index is 0.0313. The molecule has 1 aliphatic rings. The number of rotatable bonds is 3. The molecule has 0 unspecified atom stereocenters. The van der Waals surface area contributed by atoms with Gasteiger partial charge in [0.15, 0.2) is 5.96 Å². The molecule has 1 aliphatic heterocycles. The summed E-state index contributed by atoms with van der Waals surface area (Å²) in [5.41, 5.74) is 5.37. The number of methoxy groups -OCH3 is 1. The van der Waals surface area contributed by atoms with Crippen molar-refractivity contribution in [2.75, 3.05) is 26.8 Å². The average molecular weight is 187 g/mol. The molecule has 1 rings (SSSR count). The monoisotopic (exact) mass is 187 g/mol. The molecule has 1 fully saturated rings. The van der Waals surface area contributed by atoms with Crippen molar-refractivity contribution in [2.45, 2.75) is 19.1 Å². The molecule has 5 heteroatoms. The van der Waals surface area contributed by atoms with Crippen LogP contribution in [0.5, 0.6) is 0 Å². The van der Waals surface area contributed by atoms with Crippen LogP contribution in [0.1, 0.15) is 6.92 Å². The van der Waals surface area contributed by atoms with E-state index in [9.17, 15) is 0 Å². The highest BCUT2D eigenvalue weighted by Crippen LogP contribution is 2.15. The number of ether oxygens (including phenoxy) is 2. The van der Waals surface area contributed by atoms with E-state index in [1.807, 2.05) is 6.92 Å². The molecule has 0 spiro atoms. The van der Waals surface area contributed by atoms with Crippen LogP contribution in [0.3, 0.4) is 0 Å². The number of hydrogen-bond donors (Lipinski definition) is 2. The Labute approximate surface area is 78.3 Å². The molecule has 0 saturated carbocycles. The second kappa shape index (κ2) is 4.43. The van der Waals surface area contributed by atoms with E-state index in [1.165, 1.54) is 0 Å². The summed E-state index contributed by atoms with van der Waals surface area (Å²) in [4.78, 5) is 1.76. The van der Waals surface area contributed by atoms with Crippen LogP contribution in [0.25, 0.3) is 0 Å².